The highest BCUT2D eigenvalue weighted by Gasteiger charge is 2.21. The summed E-state index contributed by atoms with van der Waals surface area (Å²) in [5, 5.41) is 3.26. The van der Waals surface area contributed by atoms with E-state index >= 15 is 0 Å². The van der Waals surface area contributed by atoms with E-state index < -0.39 is 10.0 Å². The van der Waals surface area contributed by atoms with Gasteiger partial charge < -0.3 is 15.2 Å². The Kier molecular flexibility index (Phi) is 6.86. The Morgan fingerprint density at radius 2 is 1.90 bits per heavy atom. The molecule has 0 aliphatic carbocycles. The van der Waals surface area contributed by atoms with Crippen LogP contribution in [-0.2, 0) is 16.6 Å². The highest BCUT2D eigenvalue weighted by molar-refractivity contribution is 7.89. The Hall–Kier alpha value is -0.890. The van der Waals surface area contributed by atoms with Gasteiger partial charge in [-0.1, -0.05) is 13.8 Å². The fraction of sp³-hybridized carbons (Fsp3) is 0.714. The summed E-state index contributed by atoms with van der Waals surface area (Å²) in [6.07, 6.45) is 2.38. The lowest BCUT2D eigenvalue weighted by Gasteiger charge is -2.17. The molecule has 7 heteroatoms. The Balaban J connectivity index is 2.65. The normalized spacial score (nSPS) is 12.8. The SMILES string of the molecule is CC(C)NCc1cc(S(=O)(=O)N(C)CCCN(C)C)c[nH]1. The number of nitrogens with zero attached hydrogens (tertiary/aromatic N) is 2. The van der Waals surface area contributed by atoms with Crippen molar-refractivity contribution in [2.45, 2.75) is 37.8 Å². The van der Waals surface area contributed by atoms with Crippen molar-refractivity contribution in [3.63, 3.8) is 0 Å². The lowest BCUT2D eigenvalue weighted by molar-refractivity contribution is 0.370. The van der Waals surface area contributed by atoms with Crippen molar-refractivity contribution in [2.24, 2.45) is 0 Å². The molecule has 0 bridgehead atoms. The maximum atomic E-state index is 12.4. The molecule has 2 N–H and O–H groups in total. The first-order chi connectivity index (χ1) is 9.73. The molecule has 0 radical (unpaired) electrons. The van der Waals surface area contributed by atoms with E-state index in [0.717, 1.165) is 18.7 Å². The van der Waals surface area contributed by atoms with Crippen molar-refractivity contribution in [1.29, 1.82) is 0 Å². The summed E-state index contributed by atoms with van der Waals surface area (Å²) >= 11 is 0. The van der Waals surface area contributed by atoms with Crippen LogP contribution < -0.4 is 5.32 Å². The molecule has 0 fully saturated rings. The minimum Gasteiger partial charge on any atom is -0.363 e. The average molecular weight is 316 g/mol. The summed E-state index contributed by atoms with van der Waals surface area (Å²) in [7, 11) is 2.19. The average Bonchev–Trinajstić information content (AvgIpc) is 2.85. The van der Waals surface area contributed by atoms with Crippen LogP contribution in [0.3, 0.4) is 0 Å². The van der Waals surface area contributed by atoms with Crippen LogP contribution in [0, 0.1) is 0 Å². The van der Waals surface area contributed by atoms with E-state index in [1.807, 2.05) is 19.0 Å². The van der Waals surface area contributed by atoms with Gasteiger partial charge in [0, 0.05) is 38.1 Å². The first-order valence-corrected chi connectivity index (χ1v) is 8.69. The van der Waals surface area contributed by atoms with Gasteiger partial charge in [0.25, 0.3) is 0 Å². The van der Waals surface area contributed by atoms with Crippen molar-refractivity contribution < 1.29 is 8.42 Å². The summed E-state index contributed by atoms with van der Waals surface area (Å²) < 4.78 is 26.3. The summed E-state index contributed by atoms with van der Waals surface area (Å²) in [5.74, 6) is 0. The van der Waals surface area contributed by atoms with Crippen molar-refractivity contribution in [3.05, 3.63) is 18.0 Å². The lowest BCUT2D eigenvalue weighted by atomic mass is 10.3. The second-order valence-corrected chi connectivity index (χ2v) is 7.92. The molecule has 1 aromatic rings. The second-order valence-electron chi connectivity index (χ2n) is 5.88. The van der Waals surface area contributed by atoms with Crippen LogP contribution in [0.25, 0.3) is 0 Å². The van der Waals surface area contributed by atoms with E-state index in [1.54, 1.807) is 19.3 Å². The molecule has 0 aliphatic rings. The molecule has 0 unspecified atom stereocenters. The molecule has 6 nitrogen and oxygen atoms in total. The Bertz CT molecular complexity index is 523. The molecular formula is C14H28N4O2S. The third kappa shape index (κ3) is 5.78. The molecule has 1 rings (SSSR count). The number of hydrogen-bond donors (Lipinski definition) is 2. The highest BCUT2D eigenvalue weighted by atomic mass is 32.2. The fourth-order valence-electron chi connectivity index (χ4n) is 1.89. The molecular weight excluding hydrogens is 288 g/mol. The monoisotopic (exact) mass is 316 g/mol. The van der Waals surface area contributed by atoms with Crippen LogP contribution in [-0.4, -0.2) is 62.9 Å². The predicted octanol–water partition coefficient (Wildman–Crippen LogP) is 1.08. The van der Waals surface area contributed by atoms with E-state index in [4.69, 9.17) is 0 Å². The first-order valence-electron chi connectivity index (χ1n) is 7.25. The van der Waals surface area contributed by atoms with Crippen LogP contribution in [0.5, 0.6) is 0 Å². The van der Waals surface area contributed by atoms with Gasteiger partial charge in [0.15, 0.2) is 0 Å². The van der Waals surface area contributed by atoms with Gasteiger partial charge >= 0.3 is 0 Å². The number of rotatable bonds is 9. The predicted molar refractivity (Wildman–Crippen MR) is 85.8 cm³/mol. The van der Waals surface area contributed by atoms with Crippen LogP contribution in [0.1, 0.15) is 26.0 Å². The summed E-state index contributed by atoms with van der Waals surface area (Å²) in [6.45, 7) is 6.14. The van der Waals surface area contributed by atoms with E-state index in [-0.39, 0.29) is 0 Å². The minimum absolute atomic E-state index is 0.329. The van der Waals surface area contributed by atoms with E-state index in [2.05, 4.69) is 24.1 Å². The standard InChI is InChI=1S/C14H28N4O2S/c1-12(2)15-10-13-9-14(11-16-13)21(19,20)18(5)8-6-7-17(3)4/h9,11-12,15-16H,6-8,10H2,1-5H3. The van der Waals surface area contributed by atoms with Gasteiger partial charge in [0.1, 0.15) is 0 Å². The minimum atomic E-state index is -3.40. The molecule has 1 heterocycles. The van der Waals surface area contributed by atoms with Crippen LogP contribution in [0.4, 0.5) is 0 Å². The molecule has 0 atom stereocenters. The van der Waals surface area contributed by atoms with Crippen LogP contribution in [0.2, 0.25) is 0 Å². The van der Waals surface area contributed by atoms with E-state index in [9.17, 15) is 8.42 Å². The molecule has 0 saturated carbocycles. The molecule has 0 aromatic carbocycles. The number of aromatic amines is 1. The maximum Gasteiger partial charge on any atom is 0.244 e. The molecule has 0 amide bonds. The van der Waals surface area contributed by atoms with Gasteiger partial charge in [-0.05, 0) is 33.1 Å². The Morgan fingerprint density at radius 1 is 1.24 bits per heavy atom. The van der Waals surface area contributed by atoms with Crippen molar-refractivity contribution in [3.8, 4) is 0 Å². The van der Waals surface area contributed by atoms with Gasteiger partial charge in [-0.2, -0.15) is 0 Å². The largest absolute Gasteiger partial charge is 0.363 e. The third-order valence-electron chi connectivity index (χ3n) is 3.20. The molecule has 1 aromatic heterocycles. The van der Waals surface area contributed by atoms with Gasteiger partial charge in [0.05, 0.1) is 4.90 Å². The summed E-state index contributed by atoms with van der Waals surface area (Å²) in [4.78, 5) is 5.40. The van der Waals surface area contributed by atoms with Gasteiger partial charge in [0.2, 0.25) is 10.0 Å². The molecule has 0 saturated heterocycles. The number of sulfonamides is 1. The smallest absolute Gasteiger partial charge is 0.244 e. The molecule has 122 valence electrons. The van der Waals surface area contributed by atoms with Crippen molar-refractivity contribution >= 4 is 10.0 Å². The van der Waals surface area contributed by atoms with E-state index in [0.29, 0.717) is 24.0 Å². The lowest BCUT2D eigenvalue weighted by Crippen LogP contribution is -2.29. The van der Waals surface area contributed by atoms with E-state index in [1.165, 1.54) is 4.31 Å². The first kappa shape index (κ1) is 18.2. The third-order valence-corrected chi connectivity index (χ3v) is 5.04. The zero-order valence-electron chi connectivity index (χ0n) is 13.7. The van der Waals surface area contributed by atoms with Crippen LogP contribution >= 0.6 is 0 Å². The van der Waals surface area contributed by atoms with Crippen molar-refractivity contribution in [1.82, 2.24) is 19.5 Å². The Labute approximate surface area is 128 Å². The molecule has 0 spiro atoms. The van der Waals surface area contributed by atoms with Gasteiger partial charge in [-0.15, -0.1) is 0 Å². The van der Waals surface area contributed by atoms with Gasteiger partial charge in [-0.3, -0.25) is 0 Å². The quantitative estimate of drug-likeness (QED) is 0.715. The summed E-state index contributed by atoms with van der Waals surface area (Å²) in [6, 6.07) is 2.06. The van der Waals surface area contributed by atoms with Gasteiger partial charge in [-0.25, -0.2) is 12.7 Å². The summed E-state index contributed by atoms with van der Waals surface area (Å²) in [5.41, 5.74) is 0.879. The number of aromatic nitrogens is 1. The number of H-pyrrole nitrogens is 1. The molecule has 21 heavy (non-hydrogen) atoms. The maximum absolute atomic E-state index is 12.4. The van der Waals surface area contributed by atoms with Crippen LogP contribution in [0.15, 0.2) is 17.2 Å². The number of hydrogen-bond acceptors (Lipinski definition) is 4. The zero-order chi connectivity index (χ0) is 16.0. The zero-order valence-corrected chi connectivity index (χ0v) is 14.5. The second kappa shape index (κ2) is 7.93. The molecule has 0 aliphatic heterocycles. The Morgan fingerprint density at radius 3 is 2.48 bits per heavy atom. The van der Waals surface area contributed by atoms with Crippen molar-refractivity contribution in [2.75, 3.05) is 34.2 Å². The number of nitrogens with one attached hydrogen (secondary N) is 2. The topological polar surface area (TPSA) is 68.4 Å². The highest BCUT2D eigenvalue weighted by Crippen LogP contribution is 2.15. The fourth-order valence-corrected chi connectivity index (χ4v) is 3.12.